The van der Waals surface area contributed by atoms with Crippen LogP contribution in [0.1, 0.15) is 0 Å². The predicted octanol–water partition coefficient (Wildman–Crippen LogP) is -1.38. The Labute approximate surface area is 59.4 Å². The van der Waals surface area contributed by atoms with E-state index in [1.165, 1.54) is 0 Å². The summed E-state index contributed by atoms with van der Waals surface area (Å²) in [5.74, 6) is 0. The van der Waals surface area contributed by atoms with E-state index in [0.29, 0.717) is 0 Å². The van der Waals surface area contributed by atoms with Crippen LogP contribution in [-0.4, -0.2) is 44.8 Å². The fraction of sp³-hybridized carbons (Fsp3) is 1.00. The molecule has 6 heteroatoms. The molecule has 0 aliphatic rings. The Hall–Kier alpha value is 0.710. The molecule has 0 saturated heterocycles. The molecule has 0 rings (SSSR count). The van der Waals surface area contributed by atoms with Crippen LogP contribution in [0.3, 0.4) is 0 Å². The third-order valence-corrected chi connectivity index (χ3v) is 0.414. The van der Waals surface area contributed by atoms with Crippen molar-refractivity contribution in [2.45, 2.75) is 0 Å². The number of alkyl halides is 1. The first-order valence-corrected chi connectivity index (χ1v) is 2.68. The van der Waals surface area contributed by atoms with Crippen LogP contribution in [0.2, 0.25) is 0 Å². The molecule has 0 fully saturated rings. The molecule has 0 atom stereocenters. The minimum absolute atomic E-state index is 0. The second-order valence-electron chi connectivity index (χ2n) is 0.691. The first kappa shape index (κ1) is 10.6. The number of halogens is 1. The Bertz CT molecular complexity index is 117. The standard InChI is InChI=1S/CH3FO3S.In.3H/c2-1-6(3,4)5;;;;/h1H2,(H,3,4,5);;;;. The van der Waals surface area contributed by atoms with Crippen molar-refractivity contribution in [2.24, 2.45) is 0 Å². The van der Waals surface area contributed by atoms with Gasteiger partial charge in [0.05, 0.1) is 0 Å². The van der Waals surface area contributed by atoms with E-state index in [4.69, 9.17) is 4.55 Å². The number of hydrogen-bond donors (Lipinski definition) is 1. The van der Waals surface area contributed by atoms with Gasteiger partial charge >= 0.3 is 25.8 Å². The Morgan fingerprint density at radius 2 is 1.71 bits per heavy atom. The van der Waals surface area contributed by atoms with Crippen LogP contribution in [0.5, 0.6) is 0 Å². The molecule has 44 valence electrons. The third-order valence-electron chi connectivity index (χ3n) is 0.138. The average molecular weight is 232 g/mol. The summed E-state index contributed by atoms with van der Waals surface area (Å²) >= 11 is 0. The summed E-state index contributed by atoms with van der Waals surface area (Å²) in [5.41, 5.74) is 0. The molecule has 0 aromatic carbocycles. The second-order valence-corrected chi connectivity index (χ2v) is 2.07. The van der Waals surface area contributed by atoms with Gasteiger partial charge in [0.1, 0.15) is 0 Å². The molecule has 0 amide bonds. The van der Waals surface area contributed by atoms with Gasteiger partial charge in [-0.3, -0.25) is 4.55 Å². The molecule has 7 heavy (non-hydrogen) atoms. The van der Waals surface area contributed by atoms with E-state index in [2.05, 4.69) is 0 Å². The quantitative estimate of drug-likeness (QED) is 0.566. The molecular formula is CH6FInO3S. The van der Waals surface area contributed by atoms with E-state index in [-0.39, 0.29) is 25.8 Å². The van der Waals surface area contributed by atoms with Gasteiger partial charge in [0, 0.05) is 0 Å². The van der Waals surface area contributed by atoms with Crippen molar-refractivity contribution in [3.05, 3.63) is 0 Å². The van der Waals surface area contributed by atoms with E-state index in [0.717, 1.165) is 0 Å². The molecule has 1 N–H and O–H groups in total. The van der Waals surface area contributed by atoms with Crippen LogP contribution in [-0.2, 0) is 10.1 Å². The molecule has 3 nitrogen and oxygen atoms in total. The summed E-state index contributed by atoms with van der Waals surface area (Å²) < 4.78 is 36.4. The topological polar surface area (TPSA) is 54.4 Å². The van der Waals surface area contributed by atoms with Gasteiger partial charge in [-0.25, -0.2) is 4.39 Å². The van der Waals surface area contributed by atoms with Gasteiger partial charge in [0.2, 0.25) is 6.01 Å². The SMILES string of the molecule is O=S(=O)(O)CF.[InH3]. The summed E-state index contributed by atoms with van der Waals surface area (Å²) in [7, 11) is -4.33. The van der Waals surface area contributed by atoms with Crippen LogP contribution in [0.15, 0.2) is 0 Å². The molecule has 0 unspecified atom stereocenters. The van der Waals surface area contributed by atoms with E-state index >= 15 is 0 Å². The van der Waals surface area contributed by atoms with Crippen LogP contribution < -0.4 is 0 Å². The van der Waals surface area contributed by atoms with Crippen LogP contribution in [0, 0.1) is 0 Å². The summed E-state index contributed by atoms with van der Waals surface area (Å²) in [6.07, 6.45) is 0. The molecule has 0 aromatic rings. The summed E-state index contributed by atoms with van der Waals surface area (Å²) in [6.45, 7) is 0. The Morgan fingerprint density at radius 3 is 1.71 bits per heavy atom. The van der Waals surface area contributed by atoms with E-state index in [9.17, 15) is 12.8 Å². The van der Waals surface area contributed by atoms with Gasteiger partial charge < -0.3 is 0 Å². The van der Waals surface area contributed by atoms with Crippen LogP contribution in [0.25, 0.3) is 0 Å². The molecular weight excluding hydrogens is 226 g/mol. The minimum atomic E-state index is -4.33. The summed E-state index contributed by atoms with van der Waals surface area (Å²) in [4.78, 5) is 0. The molecule has 0 aliphatic heterocycles. The summed E-state index contributed by atoms with van der Waals surface area (Å²) in [5, 5.41) is 0. The number of hydrogen-bond acceptors (Lipinski definition) is 2. The molecule has 0 aliphatic carbocycles. The summed E-state index contributed by atoms with van der Waals surface area (Å²) in [6, 6.07) is -1.70. The zero-order chi connectivity index (χ0) is 5.21. The van der Waals surface area contributed by atoms with Gasteiger partial charge in [0.25, 0.3) is 10.1 Å². The predicted molar refractivity (Wildman–Crippen MR) is 27.5 cm³/mol. The molecule has 0 spiro atoms. The normalized spacial score (nSPS) is 10.0. The van der Waals surface area contributed by atoms with Crippen molar-refractivity contribution in [3.63, 3.8) is 0 Å². The fourth-order valence-electron chi connectivity index (χ4n) is 0. The molecule has 0 radical (unpaired) electrons. The maximum atomic E-state index is 10.7. The van der Waals surface area contributed by atoms with Crippen molar-refractivity contribution in [1.82, 2.24) is 0 Å². The third kappa shape index (κ3) is 10.8. The molecule has 0 saturated carbocycles. The Kier molecular flexibility index (Phi) is 5.60. The first-order valence-electron chi connectivity index (χ1n) is 1.07. The van der Waals surface area contributed by atoms with E-state index < -0.39 is 16.1 Å². The van der Waals surface area contributed by atoms with E-state index in [1.54, 1.807) is 0 Å². The Balaban J connectivity index is 0. The molecule has 0 aromatic heterocycles. The van der Waals surface area contributed by atoms with Gasteiger partial charge in [-0.1, -0.05) is 0 Å². The van der Waals surface area contributed by atoms with Gasteiger partial charge in [-0.15, -0.1) is 0 Å². The number of rotatable bonds is 1. The van der Waals surface area contributed by atoms with Crippen molar-refractivity contribution in [3.8, 4) is 0 Å². The van der Waals surface area contributed by atoms with Crippen molar-refractivity contribution in [1.29, 1.82) is 0 Å². The van der Waals surface area contributed by atoms with Gasteiger partial charge in [-0.05, 0) is 0 Å². The van der Waals surface area contributed by atoms with Crippen molar-refractivity contribution in [2.75, 3.05) is 6.01 Å². The molecule has 0 bridgehead atoms. The van der Waals surface area contributed by atoms with Crippen molar-refractivity contribution >= 4 is 36.0 Å². The second kappa shape index (κ2) is 3.68. The van der Waals surface area contributed by atoms with Gasteiger partial charge in [-0.2, -0.15) is 8.42 Å². The van der Waals surface area contributed by atoms with Crippen molar-refractivity contribution < 1.29 is 17.4 Å². The fourth-order valence-corrected chi connectivity index (χ4v) is 0. The monoisotopic (exact) mass is 232 g/mol. The maximum absolute atomic E-state index is 10.7. The Morgan fingerprint density at radius 1 is 1.57 bits per heavy atom. The van der Waals surface area contributed by atoms with Crippen LogP contribution >= 0.6 is 0 Å². The molecule has 0 heterocycles. The van der Waals surface area contributed by atoms with Crippen LogP contribution in [0.4, 0.5) is 4.39 Å². The van der Waals surface area contributed by atoms with E-state index in [1.807, 2.05) is 0 Å². The van der Waals surface area contributed by atoms with Gasteiger partial charge in [0.15, 0.2) is 0 Å². The zero-order valence-electron chi connectivity index (χ0n) is 2.76. The average Bonchev–Trinajstić information content (AvgIpc) is 1.35. The zero-order valence-corrected chi connectivity index (χ0v) is 3.57. The first-order chi connectivity index (χ1) is 2.56.